The minimum absolute atomic E-state index is 0.0126. The number of rotatable bonds is 12. The first-order valence-corrected chi connectivity index (χ1v) is 14.6. The van der Waals surface area contributed by atoms with Crippen LogP contribution in [0.3, 0.4) is 0 Å². The highest BCUT2D eigenvalue weighted by molar-refractivity contribution is 7.92. The average molecular weight is 550 g/mol. The number of ether oxygens (including phenoxy) is 2. The lowest BCUT2D eigenvalue weighted by molar-refractivity contribution is -0.140. The fourth-order valence-electron chi connectivity index (χ4n) is 4.03. The van der Waals surface area contributed by atoms with Crippen molar-refractivity contribution in [3.05, 3.63) is 53.8 Å². The molecule has 0 bridgehead atoms. The van der Waals surface area contributed by atoms with Crippen molar-refractivity contribution in [2.24, 2.45) is 0 Å². The van der Waals surface area contributed by atoms with E-state index in [2.05, 4.69) is 5.32 Å². The Bertz CT molecular complexity index is 1220. The lowest BCUT2D eigenvalue weighted by Gasteiger charge is -2.30. The number of anilines is 1. The summed E-state index contributed by atoms with van der Waals surface area (Å²) in [5, 5.41) is 2.90. The Morgan fingerprint density at radius 3 is 2.34 bits per heavy atom. The molecule has 0 saturated carbocycles. The molecule has 2 amide bonds. The molecule has 11 heteroatoms. The van der Waals surface area contributed by atoms with Crippen molar-refractivity contribution in [3.63, 3.8) is 0 Å². The minimum atomic E-state index is -3.65. The van der Waals surface area contributed by atoms with Gasteiger partial charge in [-0.25, -0.2) is 12.8 Å². The summed E-state index contributed by atoms with van der Waals surface area (Å²) < 4.78 is 50.9. The van der Waals surface area contributed by atoms with Gasteiger partial charge in [0.25, 0.3) is 0 Å². The van der Waals surface area contributed by atoms with Crippen molar-refractivity contribution < 1.29 is 31.9 Å². The molecule has 0 unspecified atom stereocenters. The largest absolute Gasteiger partial charge is 0.486 e. The fraction of sp³-hybridized carbons (Fsp3) is 0.481. The topological polar surface area (TPSA) is 105 Å². The van der Waals surface area contributed by atoms with Crippen molar-refractivity contribution in [2.75, 3.05) is 30.3 Å². The van der Waals surface area contributed by atoms with Crippen molar-refractivity contribution in [2.45, 2.75) is 58.7 Å². The van der Waals surface area contributed by atoms with Crippen LogP contribution in [0.15, 0.2) is 42.5 Å². The summed E-state index contributed by atoms with van der Waals surface area (Å²) in [5.74, 6) is 0.0182. The number of halogens is 1. The third kappa shape index (κ3) is 7.83. The number of carbonyl (C=O) groups is 2. The maximum atomic E-state index is 13.4. The number of hydrogen-bond acceptors (Lipinski definition) is 6. The van der Waals surface area contributed by atoms with Crippen LogP contribution in [0.25, 0.3) is 0 Å². The first kappa shape index (κ1) is 29.2. The van der Waals surface area contributed by atoms with Crippen LogP contribution in [-0.2, 0) is 26.2 Å². The molecule has 0 radical (unpaired) electrons. The van der Waals surface area contributed by atoms with Crippen LogP contribution in [0, 0.1) is 5.82 Å². The smallest absolute Gasteiger partial charge is 0.242 e. The predicted molar refractivity (Wildman–Crippen MR) is 143 cm³/mol. The first-order chi connectivity index (χ1) is 18.0. The zero-order chi connectivity index (χ0) is 27.9. The van der Waals surface area contributed by atoms with E-state index < -0.39 is 21.9 Å². The molecule has 3 rings (SSSR count). The second-order valence-electron chi connectivity index (χ2n) is 9.41. The Kier molecular flexibility index (Phi) is 9.96. The summed E-state index contributed by atoms with van der Waals surface area (Å²) >= 11 is 0. The van der Waals surface area contributed by atoms with Gasteiger partial charge in [0.1, 0.15) is 25.1 Å². The normalized spacial score (nSPS) is 14.3. The summed E-state index contributed by atoms with van der Waals surface area (Å²) in [6, 6.07) is 9.84. The Morgan fingerprint density at radius 1 is 1.05 bits per heavy atom. The molecule has 1 aliphatic rings. The van der Waals surface area contributed by atoms with Crippen molar-refractivity contribution in [1.29, 1.82) is 0 Å². The van der Waals surface area contributed by atoms with Gasteiger partial charge in [-0.1, -0.05) is 19.1 Å². The average Bonchev–Trinajstić information content (AvgIpc) is 2.89. The highest BCUT2D eigenvalue weighted by Gasteiger charge is 2.27. The standard InChI is InChI=1S/C27H36FN3O6S/c1-5-19(2)29-27(33)20(3)30(18-21-8-10-22(28)11-9-21)26(32)7-6-14-31(38(4,34)35)23-12-13-24-25(17-23)37-16-15-36-24/h8-13,17,19-20H,5-7,14-16,18H2,1-4H3,(H,29,33)/t19-,20+/m1/s1. The monoisotopic (exact) mass is 549 g/mol. The van der Waals surface area contributed by atoms with E-state index in [9.17, 15) is 22.4 Å². The van der Waals surface area contributed by atoms with E-state index in [1.54, 1.807) is 37.3 Å². The van der Waals surface area contributed by atoms with Gasteiger partial charge in [0, 0.05) is 31.6 Å². The van der Waals surface area contributed by atoms with Gasteiger partial charge < -0.3 is 19.7 Å². The van der Waals surface area contributed by atoms with Crippen LogP contribution < -0.4 is 19.1 Å². The molecule has 9 nitrogen and oxygen atoms in total. The number of amides is 2. The van der Waals surface area contributed by atoms with Gasteiger partial charge in [-0.3, -0.25) is 13.9 Å². The summed E-state index contributed by atoms with van der Waals surface area (Å²) in [6.07, 6.45) is 2.08. The first-order valence-electron chi connectivity index (χ1n) is 12.7. The summed E-state index contributed by atoms with van der Waals surface area (Å²) in [6.45, 7) is 6.45. The van der Waals surface area contributed by atoms with Crippen LogP contribution in [-0.4, -0.2) is 63.2 Å². The van der Waals surface area contributed by atoms with Crippen LogP contribution >= 0.6 is 0 Å². The van der Waals surface area contributed by atoms with Crippen molar-refractivity contribution in [3.8, 4) is 11.5 Å². The molecule has 1 heterocycles. The third-order valence-electron chi connectivity index (χ3n) is 6.40. The van der Waals surface area contributed by atoms with E-state index in [0.717, 1.165) is 12.7 Å². The maximum absolute atomic E-state index is 13.4. The van der Waals surface area contributed by atoms with Crippen LogP contribution in [0.1, 0.15) is 45.6 Å². The molecule has 208 valence electrons. The van der Waals surface area contributed by atoms with E-state index in [4.69, 9.17) is 9.47 Å². The number of benzene rings is 2. The summed E-state index contributed by atoms with van der Waals surface area (Å²) in [7, 11) is -3.65. The molecule has 38 heavy (non-hydrogen) atoms. The Morgan fingerprint density at radius 2 is 1.71 bits per heavy atom. The molecular formula is C27H36FN3O6S. The number of sulfonamides is 1. The minimum Gasteiger partial charge on any atom is -0.486 e. The van der Waals surface area contributed by atoms with Gasteiger partial charge in [-0.2, -0.15) is 0 Å². The molecule has 1 N–H and O–H groups in total. The summed E-state index contributed by atoms with van der Waals surface area (Å²) in [5.41, 5.74) is 1.09. The second kappa shape index (κ2) is 12.9. The number of nitrogens with zero attached hydrogens (tertiary/aromatic N) is 2. The highest BCUT2D eigenvalue weighted by atomic mass is 32.2. The van der Waals surface area contributed by atoms with Gasteiger partial charge in [0.15, 0.2) is 11.5 Å². The SMILES string of the molecule is CC[C@@H](C)NC(=O)[C@H](C)N(Cc1ccc(F)cc1)C(=O)CCCN(c1ccc2c(c1)OCCO2)S(C)(=O)=O. The van der Waals surface area contributed by atoms with Crippen molar-refractivity contribution in [1.82, 2.24) is 10.2 Å². The van der Waals surface area contributed by atoms with E-state index in [-0.39, 0.29) is 43.8 Å². The second-order valence-corrected chi connectivity index (χ2v) is 11.3. The lowest BCUT2D eigenvalue weighted by Crippen LogP contribution is -2.49. The van der Waals surface area contributed by atoms with Gasteiger partial charge in [-0.15, -0.1) is 0 Å². The number of carbonyl (C=O) groups excluding carboxylic acids is 2. The van der Waals surface area contributed by atoms with Crippen LogP contribution in [0.4, 0.5) is 10.1 Å². The quantitative estimate of drug-likeness (QED) is 0.435. The zero-order valence-corrected chi connectivity index (χ0v) is 23.1. The molecule has 1 aliphatic heterocycles. The maximum Gasteiger partial charge on any atom is 0.242 e. The zero-order valence-electron chi connectivity index (χ0n) is 22.3. The van der Waals surface area contributed by atoms with E-state index >= 15 is 0 Å². The van der Waals surface area contributed by atoms with E-state index in [1.165, 1.54) is 21.3 Å². The van der Waals surface area contributed by atoms with E-state index in [1.807, 2.05) is 13.8 Å². The molecular weight excluding hydrogens is 513 g/mol. The lowest BCUT2D eigenvalue weighted by atomic mass is 10.1. The van der Waals surface area contributed by atoms with Gasteiger partial charge in [-0.05, 0) is 56.5 Å². The van der Waals surface area contributed by atoms with Gasteiger partial charge in [0.2, 0.25) is 21.8 Å². The van der Waals surface area contributed by atoms with E-state index in [0.29, 0.717) is 36.0 Å². The molecule has 0 fully saturated rings. The third-order valence-corrected chi connectivity index (χ3v) is 7.59. The summed E-state index contributed by atoms with van der Waals surface area (Å²) in [4.78, 5) is 27.6. The number of fused-ring (bicyclic) bond motifs is 1. The Balaban J connectivity index is 1.73. The molecule has 0 spiro atoms. The highest BCUT2D eigenvalue weighted by Crippen LogP contribution is 2.34. The van der Waals surface area contributed by atoms with Gasteiger partial charge >= 0.3 is 0 Å². The molecule has 2 aromatic carbocycles. The molecule has 2 atom stereocenters. The number of nitrogens with one attached hydrogen (secondary N) is 1. The molecule has 2 aromatic rings. The molecule has 0 saturated heterocycles. The van der Waals surface area contributed by atoms with Crippen LogP contribution in [0.5, 0.6) is 11.5 Å². The Hall–Kier alpha value is -3.34. The van der Waals surface area contributed by atoms with Crippen molar-refractivity contribution >= 4 is 27.5 Å². The molecule has 0 aliphatic carbocycles. The fourth-order valence-corrected chi connectivity index (χ4v) is 4.98. The van der Waals surface area contributed by atoms with Gasteiger partial charge in [0.05, 0.1) is 11.9 Å². The molecule has 0 aromatic heterocycles. The predicted octanol–water partition coefficient (Wildman–Crippen LogP) is 3.48. The Labute approximate surface area is 224 Å². The van der Waals surface area contributed by atoms with Crippen LogP contribution in [0.2, 0.25) is 0 Å². The number of hydrogen-bond donors (Lipinski definition) is 1.